The van der Waals surface area contributed by atoms with Gasteiger partial charge in [-0.15, -0.1) is 0 Å². The van der Waals surface area contributed by atoms with Gasteiger partial charge in [0.05, 0.1) is 32.8 Å². The molecule has 152 valence electrons. The highest BCUT2D eigenvalue weighted by atomic mass is 16.6. The molecular weight excluding hydrogens is 398 g/mol. The Bertz CT molecular complexity index is 1110. The maximum Gasteiger partial charge on any atom is 0.301 e. The van der Waals surface area contributed by atoms with Gasteiger partial charge in [-0.2, -0.15) is 5.10 Å². The Morgan fingerprint density at radius 2 is 1.60 bits per heavy atom. The Balaban J connectivity index is 1.80. The Hall–Kier alpha value is -4.35. The van der Waals surface area contributed by atoms with Gasteiger partial charge in [-0.25, -0.2) is 5.01 Å². The van der Waals surface area contributed by atoms with E-state index in [-0.39, 0.29) is 17.5 Å². The van der Waals surface area contributed by atoms with Crippen LogP contribution in [0.5, 0.6) is 0 Å². The second kappa shape index (κ2) is 7.24. The van der Waals surface area contributed by atoms with Gasteiger partial charge in [0.1, 0.15) is 17.8 Å². The van der Waals surface area contributed by atoms with E-state index in [4.69, 9.17) is 4.74 Å². The highest BCUT2D eigenvalue weighted by Crippen LogP contribution is 2.38. The summed E-state index contributed by atoms with van der Waals surface area (Å²) in [5.41, 5.74) is 0.255. The molecule has 0 fully saturated rings. The lowest BCUT2D eigenvalue weighted by Gasteiger charge is -2.34. The number of fused-ring (bicyclic) bond motifs is 1. The van der Waals surface area contributed by atoms with Crippen molar-refractivity contribution in [1.82, 2.24) is 0 Å². The fraction of sp³-hybridized carbons (Fsp3) is 0.167. The largest absolute Gasteiger partial charge is 0.495 e. The lowest BCUT2D eigenvalue weighted by molar-refractivity contribution is -0.393. The quantitative estimate of drug-likeness (QED) is 0.536. The fourth-order valence-electron chi connectivity index (χ4n) is 3.40. The molecule has 0 saturated heterocycles. The number of benzene rings is 2. The number of ether oxygens (including phenoxy) is 1. The zero-order valence-electron chi connectivity index (χ0n) is 15.2. The van der Waals surface area contributed by atoms with Crippen molar-refractivity contribution in [3.63, 3.8) is 0 Å². The van der Waals surface area contributed by atoms with Crippen molar-refractivity contribution < 1.29 is 19.5 Å². The summed E-state index contributed by atoms with van der Waals surface area (Å²) in [6.07, 6.45) is 3.18. The van der Waals surface area contributed by atoms with E-state index in [2.05, 4.69) is 5.10 Å². The normalized spacial score (nSPS) is 19.6. The van der Waals surface area contributed by atoms with Crippen LogP contribution in [-0.4, -0.2) is 32.6 Å². The van der Waals surface area contributed by atoms with Crippen molar-refractivity contribution in [2.24, 2.45) is 5.10 Å². The molecule has 0 radical (unpaired) electrons. The van der Waals surface area contributed by atoms with Gasteiger partial charge in [-0.1, -0.05) is 0 Å². The van der Waals surface area contributed by atoms with E-state index < -0.39 is 32.2 Å². The molecule has 0 amide bonds. The lowest BCUT2D eigenvalue weighted by Crippen LogP contribution is -2.44. The molecule has 0 spiro atoms. The number of anilines is 1. The van der Waals surface area contributed by atoms with Gasteiger partial charge in [0, 0.05) is 24.6 Å². The van der Waals surface area contributed by atoms with Gasteiger partial charge in [0.25, 0.3) is 11.4 Å². The van der Waals surface area contributed by atoms with Gasteiger partial charge in [-0.3, -0.25) is 30.3 Å². The SMILES string of the molecule is O=[N+]([O-])c1ccc(C2=NN(c3ccc([N+](=O)[O-])cc3[N+](=O)[O-])C3C=COC3C2)cc1. The van der Waals surface area contributed by atoms with Gasteiger partial charge < -0.3 is 4.74 Å². The van der Waals surface area contributed by atoms with Crippen LogP contribution in [0.2, 0.25) is 0 Å². The standard InChI is InChI=1S/C18H13N5O7/c24-21(25)12-3-1-11(2-4-12)14-10-18-16(7-8-30-18)20(19-14)15-6-5-13(22(26)27)9-17(15)23(28)29/h1-9,16,18H,10H2. The number of non-ortho nitro benzene ring substituents is 2. The second-order valence-corrected chi connectivity index (χ2v) is 6.58. The van der Waals surface area contributed by atoms with Crippen LogP contribution < -0.4 is 5.01 Å². The minimum absolute atomic E-state index is 0.0744. The first-order valence-corrected chi connectivity index (χ1v) is 8.71. The third-order valence-corrected chi connectivity index (χ3v) is 4.84. The summed E-state index contributed by atoms with van der Waals surface area (Å²) >= 11 is 0. The summed E-state index contributed by atoms with van der Waals surface area (Å²) in [5, 5.41) is 39.4. The van der Waals surface area contributed by atoms with Crippen molar-refractivity contribution >= 4 is 28.5 Å². The third kappa shape index (κ3) is 3.30. The molecule has 2 aliphatic heterocycles. The number of hydrazone groups is 1. The third-order valence-electron chi connectivity index (χ3n) is 4.84. The summed E-state index contributed by atoms with van der Waals surface area (Å²) in [6, 6.07) is 8.68. The van der Waals surface area contributed by atoms with Crippen molar-refractivity contribution in [1.29, 1.82) is 0 Å². The Morgan fingerprint density at radius 1 is 0.933 bits per heavy atom. The number of nitro groups is 3. The lowest BCUT2D eigenvalue weighted by atomic mass is 9.97. The zero-order valence-corrected chi connectivity index (χ0v) is 15.2. The maximum absolute atomic E-state index is 11.6. The average molecular weight is 411 g/mol. The van der Waals surface area contributed by atoms with Crippen LogP contribution in [0.15, 0.2) is 59.9 Å². The summed E-state index contributed by atoms with van der Waals surface area (Å²) in [4.78, 5) is 31.6. The molecule has 12 nitrogen and oxygen atoms in total. The van der Waals surface area contributed by atoms with Crippen molar-refractivity contribution in [2.75, 3.05) is 5.01 Å². The Labute approximate surface area is 168 Å². The molecule has 12 heteroatoms. The first-order valence-electron chi connectivity index (χ1n) is 8.71. The Morgan fingerprint density at radius 3 is 2.23 bits per heavy atom. The van der Waals surface area contributed by atoms with Crippen LogP contribution in [0.4, 0.5) is 22.7 Å². The Kier molecular flexibility index (Phi) is 4.58. The van der Waals surface area contributed by atoms with E-state index in [1.165, 1.54) is 35.5 Å². The van der Waals surface area contributed by atoms with Gasteiger partial charge in [0.2, 0.25) is 0 Å². The number of hydrogen-bond donors (Lipinski definition) is 0. The molecule has 2 aromatic rings. The summed E-state index contributed by atoms with van der Waals surface area (Å²) in [7, 11) is 0. The van der Waals surface area contributed by atoms with E-state index >= 15 is 0 Å². The number of rotatable bonds is 5. The molecule has 2 heterocycles. The van der Waals surface area contributed by atoms with Crippen LogP contribution in [0.25, 0.3) is 0 Å². The monoisotopic (exact) mass is 411 g/mol. The molecule has 4 rings (SSSR count). The first kappa shape index (κ1) is 19.0. The van der Waals surface area contributed by atoms with E-state index in [0.717, 1.165) is 6.07 Å². The van der Waals surface area contributed by atoms with Crippen LogP contribution in [0.3, 0.4) is 0 Å². The number of nitro benzene ring substituents is 3. The molecule has 0 bridgehead atoms. The van der Waals surface area contributed by atoms with Crippen molar-refractivity contribution in [3.05, 3.63) is 90.7 Å². The number of hydrogen-bond acceptors (Lipinski definition) is 9. The summed E-state index contributed by atoms with van der Waals surface area (Å²) in [5.74, 6) is 0. The van der Waals surface area contributed by atoms with Crippen LogP contribution in [-0.2, 0) is 4.74 Å². The highest BCUT2D eigenvalue weighted by molar-refractivity contribution is 6.02. The maximum atomic E-state index is 11.6. The molecule has 2 unspecified atom stereocenters. The topological polar surface area (TPSA) is 154 Å². The molecule has 2 aliphatic rings. The minimum Gasteiger partial charge on any atom is -0.495 e. The molecule has 0 aliphatic carbocycles. The van der Waals surface area contributed by atoms with Gasteiger partial charge in [-0.05, 0) is 29.8 Å². The zero-order chi connectivity index (χ0) is 21.4. The smallest absolute Gasteiger partial charge is 0.301 e. The van der Waals surface area contributed by atoms with Crippen LogP contribution in [0.1, 0.15) is 12.0 Å². The number of nitrogens with zero attached hydrogens (tertiary/aromatic N) is 5. The average Bonchev–Trinajstić information content (AvgIpc) is 3.21. The molecular formula is C18H13N5O7. The van der Waals surface area contributed by atoms with Crippen molar-refractivity contribution in [3.8, 4) is 0 Å². The van der Waals surface area contributed by atoms with Gasteiger partial charge in [0.15, 0.2) is 0 Å². The molecule has 0 aromatic heterocycles. The summed E-state index contributed by atoms with van der Waals surface area (Å²) < 4.78 is 5.60. The van der Waals surface area contributed by atoms with E-state index in [0.29, 0.717) is 17.7 Å². The highest BCUT2D eigenvalue weighted by Gasteiger charge is 2.39. The van der Waals surface area contributed by atoms with E-state index in [1.807, 2.05) is 0 Å². The fourth-order valence-corrected chi connectivity index (χ4v) is 3.40. The van der Waals surface area contributed by atoms with E-state index in [1.54, 1.807) is 18.2 Å². The molecule has 0 N–H and O–H groups in total. The van der Waals surface area contributed by atoms with Crippen LogP contribution in [0, 0.1) is 30.3 Å². The second-order valence-electron chi connectivity index (χ2n) is 6.58. The predicted molar refractivity (Wildman–Crippen MR) is 104 cm³/mol. The molecule has 0 saturated carbocycles. The van der Waals surface area contributed by atoms with E-state index in [9.17, 15) is 30.3 Å². The first-order chi connectivity index (χ1) is 14.3. The molecule has 2 aromatic carbocycles. The minimum atomic E-state index is -0.708. The molecule has 2 atom stereocenters. The summed E-state index contributed by atoms with van der Waals surface area (Å²) in [6.45, 7) is 0. The van der Waals surface area contributed by atoms with Crippen molar-refractivity contribution in [2.45, 2.75) is 18.6 Å². The molecule has 30 heavy (non-hydrogen) atoms. The predicted octanol–water partition coefficient (Wildman–Crippen LogP) is 3.31. The van der Waals surface area contributed by atoms with Gasteiger partial charge >= 0.3 is 5.69 Å². The van der Waals surface area contributed by atoms with Crippen LogP contribution >= 0.6 is 0 Å².